The smallest absolute Gasteiger partial charge is 0.196 e. The molecule has 30 heavy (non-hydrogen) atoms. The lowest BCUT2D eigenvalue weighted by Gasteiger charge is -2.11. The van der Waals surface area contributed by atoms with Crippen molar-refractivity contribution in [1.29, 1.82) is 0 Å². The minimum atomic E-state index is 0.471. The largest absolute Gasteiger partial charge is 0.493 e. The molecule has 0 bridgehead atoms. The van der Waals surface area contributed by atoms with Gasteiger partial charge in [0.25, 0.3) is 0 Å². The minimum absolute atomic E-state index is 0.471. The lowest BCUT2D eigenvalue weighted by atomic mass is 10.2. The van der Waals surface area contributed by atoms with Gasteiger partial charge in [0, 0.05) is 23.7 Å². The fourth-order valence-electron chi connectivity index (χ4n) is 2.90. The van der Waals surface area contributed by atoms with Gasteiger partial charge < -0.3 is 4.74 Å². The molecule has 2 aromatic heterocycles. The van der Waals surface area contributed by atoms with Crippen LogP contribution >= 0.6 is 35.0 Å². The van der Waals surface area contributed by atoms with E-state index in [1.807, 2.05) is 54.0 Å². The van der Waals surface area contributed by atoms with Crippen molar-refractivity contribution in [3.63, 3.8) is 0 Å². The van der Waals surface area contributed by atoms with Gasteiger partial charge in [-0.1, -0.05) is 47.1 Å². The number of aromatic nitrogens is 4. The third kappa shape index (κ3) is 4.78. The molecule has 0 aliphatic carbocycles. The molecule has 5 nitrogen and oxygen atoms in total. The highest BCUT2D eigenvalue weighted by Gasteiger charge is 2.17. The van der Waals surface area contributed by atoms with Gasteiger partial charge in [-0.2, -0.15) is 0 Å². The Kier molecular flexibility index (Phi) is 6.57. The molecular weight excluding hydrogens is 439 g/mol. The topological polar surface area (TPSA) is 52.8 Å². The molecule has 4 rings (SSSR count). The first-order valence-electron chi connectivity index (χ1n) is 9.25. The number of thioether (sulfide) groups is 1. The molecule has 152 valence electrons. The standard InChI is InChI=1S/C22H18Cl2N4OS/c1-15-4-2-6-18(12-15)29-10-11-30-22-27-26-21(16-5-3-9-25-14-16)28(22)17-7-8-19(23)20(24)13-17/h2-9,12-14H,10-11H2,1H3. The molecule has 0 radical (unpaired) electrons. The summed E-state index contributed by atoms with van der Waals surface area (Å²) in [5, 5.41) is 10.5. The minimum Gasteiger partial charge on any atom is -0.493 e. The number of rotatable bonds is 7. The van der Waals surface area contributed by atoms with Crippen LogP contribution in [0.3, 0.4) is 0 Å². The Bertz CT molecular complexity index is 1150. The average molecular weight is 457 g/mol. The SMILES string of the molecule is Cc1cccc(OCCSc2nnc(-c3cccnc3)n2-c2ccc(Cl)c(Cl)c2)c1. The van der Waals surface area contributed by atoms with Gasteiger partial charge in [0.2, 0.25) is 0 Å². The third-order valence-corrected chi connectivity index (χ3v) is 5.92. The molecule has 0 spiro atoms. The number of aryl methyl sites for hydroxylation is 1. The van der Waals surface area contributed by atoms with Crippen LogP contribution in [0.25, 0.3) is 17.1 Å². The summed E-state index contributed by atoms with van der Waals surface area (Å²) in [5.41, 5.74) is 2.86. The highest BCUT2D eigenvalue weighted by atomic mass is 35.5. The number of halogens is 2. The van der Waals surface area contributed by atoms with Crippen molar-refractivity contribution in [2.75, 3.05) is 12.4 Å². The van der Waals surface area contributed by atoms with Crippen LogP contribution in [-0.2, 0) is 0 Å². The maximum atomic E-state index is 6.26. The van der Waals surface area contributed by atoms with Crippen LogP contribution < -0.4 is 4.74 Å². The molecule has 0 fully saturated rings. The van der Waals surface area contributed by atoms with E-state index in [-0.39, 0.29) is 0 Å². The zero-order valence-corrected chi connectivity index (χ0v) is 18.5. The van der Waals surface area contributed by atoms with Gasteiger partial charge in [-0.15, -0.1) is 10.2 Å². The molecule has 2 heterocycles. The molecule has 0 aliphatic rings. The van der Waals surface area contributed by atoms with Crippen molar-refractivity contribution in [2.45, 2.75) is 12.1 Å². The zero-order valence-electron chi connectivity index (χ0n) is 16.1. The lowest BCUT2D eigenvalue weighted by Crippen LogP contribution is -2.03. The van der Waals surface area contributed by atoms with Crippen molar-refractivity contribution in [3.8, 4) is 22.8 Å². The highest BCUT2D eigenvalue weighted by molar-refractivity contribution is 7.99. The summed E-state index contributed by atoms with van der Waals surface area (Å²) in [7, 11) is 0. The second-order valence-electron chi connectivity index (χ2n) is 6.50. The quantitative estimate of drug-likeness (QED) is 0.247. The number of nitrogens with zero attached hydrogens (tertiary/aromatic N) is 4. The van der Waals surface area contributed by atoms with Crippen LogP contribution in [0.15, 0.2) is 72.1 Å². The molecule has 0 aliphatic heterocycles. The predicted molar refractivity (Wildman–Crippen MR) is 122 cm³/mol. The van der Waals surface area contributed by atoms with Gasteiger partial charge in [-0.25, -0.2) is 0 Å². The zero-order chi connectivity index (χ0) is 20.9. The Morgan fingerprint density at radius 1 is 1.00 bits per heavy atom. The van der Waals surface area contributed by atoms with Gasteiger partial charge in [0.15, 0.2) is 11.0 Å². The molecule has 8 heteroatoms. The predicted octanol–water partition coefficient (Wildman–Crippen LogP) is 6.12. The highest BCUT2D eigenvalue weighted by Crippen LogP contribution is 2.31. The van der Waals surface area contributed by atoms with Gasteiger partial charge >= 0.3 is 0 Å². The second-order valence-corrected chi connectivity index (χ2v) is 8.37. The molecular formula is C22H18Cl2N4OS. The summed E-state index contributed by atoms with van der Waals surface area (Å²) in [6.07, 6.45) is 3.48. The molecule has 0 atom stereocenters. The summed E-state index contributed by atoms with van der Waals surface area (Å²) >= 11 is 13.9. The molecule has 0 unspecified atom stereocenters. The Labute approximate surface area is 189 Å². The lowest BCUT2D eigenvalue weighted by molar-refractivity contribution is 0.343. The van der Waals surface area contributed by atoms with Gasteiger partial charge in [0.1, 0.15) is 5.75 Å². The summed E-state index contributed by atoms with van der Waals surface area (Å²) in [6.45, 7) is 2.59. The molecule has 4 aromatic rings. The summed E-state index contributed by atoms with van der Waals surface area (Å²) < 4.78 is 7.81. The van der Waals surface area contributed by atoms with Crippen molar-refractivity contribution in [1.82, 2.24) is 19.7 Å². The van der Waals surface area contributed by atoms with E-state index in [1.54, 1.807) is 36.3 Å². The van der Waals surface area contributed by atoms with Crippen LogP contribution in [0, 0.1) is 6.92 Å². The molecule has 0 amide bonds. The van der Waals surface area contributed by atoms with Crippen molar-refractivity contribution in [2.24, 2.45) is 0 Å². The van der Waals surface area contributed by atoms with E-state index in [9.17, 15) is 0 Å². The maximum Gasteiger partial charge on any atom is 0.196 e. The van der Waals surface area contributed by atoms with E-state index in [1.165, 1.54) is 5.56 Å². The van der Waals surface area contributed by atoms with E-state index >= 15 is 0 Å². The van der Waals surface area contributed by atoms with Crippen LogP contribution in [0.4, 0.5) is 0 Å². The first-order valence-corrected chi connectivity index (χ1v) is 11.0. The Morgan fingerprint density at radius 3 is 2.67 bits per heavy atom. The van der Waals surface area contributed by atoms with Gasteiger partial charge in [-0.3, -0.25) is 9.55 Å². The molecule has 0 N–H and O–H groups in total. The van der Waals surface area contributed by atoms with E-state index in [2.05, 4.69) is 15.2 Å². The molecule has 0 saturated heterocycles. The second kappa shape index (κ2) is 9.51. The van der Waals surface area contributed by atoms with Crippen molar-refractivity contribution in [3.05, 3.63) is 82.6 Å². The van der Waals surface area contributed by atoms with Crippen molar-refractivity contribution >= 4 is 35.0 Å². The van der Waals surface area contributed by atoms with Crippen LogP contribution in [0.5, 0.6) is 5.75 Å². The summed E-state index contributed by atoms with van der Waals surface area (Å²) in [6, 6.07) is 17.3. The van der Waals surface area contributed by atoms with Crippen molar-refractivity contribution < 1.29 is 4.74 Å². The van der Waals surface area contributed by atoms with Gasteiger partial charge in [-0.05, 0) is 55.0 Å². The number of hydrogen-bond acceptors (Lipinski definition) is 5. The molecule has 2 aromatic carbocycles. The van der Waals surface area contributed by atoms with Crippen LogP contribution in [0.2, 0.25) is 10.0 Å². The number of ether oxygens (including phenoxy) is 1. The first-order chi connectivity index (χ1) is 14.6. The monoisotopic (exact) mass is 456 g/mol. The summed E-state index contributed by atoms with van der Waals surface area (Å²) in [4.78, 5) is 4.20. The maximum absolute atomic E-state index is 6.26. The number of benzene rings is 2. The molecule has 0 saturated carbocycles. The fraction of sp³-hybridized carbons (Fsp3) is 0.136. The van der Waals surface area contributed by atoms with E-state index in [4.69, 9.17) is 27.9 Å². The van der Waals surface area contributed by atoms with Crippen LogP contribution in [0.1, 0.15) is 5.56 Å². The third-order valence-electron chi connectivity index (χ3n) is 4.29. The van der Waals surface area contributed by atoms with E-state index < -0.39 is 0 Å². The van der Waals surface area contributed by atoms with E-state index in [0.717, 1.165) is 22.2 Å². The van der Waals surface area contributed by atoms with E-state index in [0.29, 0.717) is 28.2 Å². The number of hydrogen-bond donors (Lipinski definition) is 0. The Hall–Kier alpha value is -2.54. The summed E-state index contributed by atoms with van der Waals surface area (Å²) in [5.74, 6) is 2.25. The first kappa shape index (κ1) is 20.7. The normalized spacial score (nSPS) is 10.9. The Balaban J connectivity index is 1.58. The fourth-order valence-corrected chi connectivity index (χ4v) is 3.96. The Morgan fingerprint density at radius 2 is 1.90 bits per heavy atom. The average Bonchev–Trinajstić information content (AvgIpc) is 3.18. The van der Waals surface area contributed by atoms with Crippen LogP contribution in [-0.4, -0.2) is 32.1 Å². The number of pyridine rings is 1. The van der Waals surface area contributed by atoms with Gasteiger partial charge in [0.05, 0.1) is 22.3 Å².